The quantitative estimate of drug-likeness (QED) is 0.154. The van der Waals surface area contributed by atoms with Crippen LogP contribution < -0.4 is 19.6 Å². The number of esters is 1. The fraction of sp³-hybridized carbons (Fsp3) is 0.172. The molecule has 0 saturated heterocycles. The number of nitrogens with zero attached hydrogens (tertiary/aromatic N) is 1. The molecule has 1 aromatic heterocycles. The van der Waals surface area contributed by atoms with E-state index >= 15 is 0 Å². The number of halogens is 3. The highest BCUT2D eigenvalue weighted by Gasteiger charge is 2.41. The van der Waals surface area contributed by atoms with Crippen LogP contribution in [0.3, 0.4) is 0 Å². The number of carbonyl (C=O) groups excluding carboxylic acids is 3. The number of amides is 2. The van der Waals surface area contributed by atoms with Crippen LogP contribution in [-0.4, -0.2) is 35.8 Å². The number of rotatable bonds is 8. The first-order chi connectivity index (χ1) is 19.6. The molecule has 9 nitrogen and oxygen atoms in total. The highest BCUT2D eigenvalue weighted by molar-refractivity contribution is 6.21. The maximum Gasteiger partial charge on any atom is 0.453 e. The minimum Gasteiger partial charge on any atom is -0.490 e. The Labute approximate surface area is 229 Å². The van der Waals surface area contributed by atoms with Crippen molar-refractivity contribution in [2.45, 2.75) is 19.5 Å². The molecule has 3 aromatic carbocycles. The molecule has 0 unspecified atom stereocenters. The van der Waals surface area contributed by atoms with Crippen molar-refractivity contribution in [3.63, 3.8) is 0 Å². The summed E-state index contributed by atoms with van der Waals surface area (Å²) in [6.45, 7) is 1.62. The molecule has 0 fully saturated rings. The summed E-state index contributed by atoms with van der Waals surface area (Å²) in [5.74, 6) is -4.93. The molecule has 1 aliphatic rings. The molecule has 0 aliphatic carbocycles. The zero-order valence-electron chi connectivity index (χ0n) is 21.3. The van der Waals surface area contributed by atoms with Crippen LogP contribution in [0.5, 0.6) is 23.0 Å². The van der Waals surface area contributed by atoms with E-state index in [1.165, 1.54) is 36.4 Å². The minimum absolute atomic E-state index is 0.116. The molecule has 0 bridgehead atoms. The molecule has 1 aliphatic heterocycles. The number of ether oxygens (including phenoxy) is 3. The molecular formula is C29H20F3NO8. The van der Waals surface area contributed by atoms with Gasteiger partial charge in [-0.05, 0) is 43.3 Å². The lowest BCUT2D eigenvalue weighted by Crippen LogP contribution is -2.32. The first-order valence-corrected chi connectivity index (χ1v) is 12.3. The fourth-order valence-corrected chi connectivity index (χ4v) is 4.25. The van der Waals surface area contributed by atoms with E-state index in [1.54, 1.807) is 25.1 Å². The topological polar surface area (TPSA) is 112 Å². The third-order valence-electron chi connectivity index (χ3n) is 6.09. The largest absolute Gasteiger partial charge is 0.490 e. The molecular weight excluding hydrogens is 547 g/mol. The van der Waals surface area contributed by atoms with Crippen molar-refractivity contribution in [2.75, 3.05) is 13.2 Å². The van der Waals surface area contributed by atoms with Gasteiger partial charge in [-0.2, -0.15) is 13.2 Å². The van der Waals surface area contributed by atoms with Gasteiger partial charge in [0.2, 0.25) is 11.2 Å². The van der Waals surface area contributed by atoms with Crippen molar-refractivity contribution >= 4 is 28.8 Å². The van der Waals surface area contributed by atoms with E-state index < -0.39 is 46.5 Å². The van der Waals surface area contributed by atoms with Crippen molar-refractivity contribution in [1.82, 2.24) is 4.90 Å². The SMILES string of the molecule is CCOc1ccccc1Oc1c(C(F)(F)F)oc2cc(OC(=O)CCN3C(=O)c4ccccc4C3=O)ccc2c1=O. The summed E-state index contributed by atoms with van der Waals surface area (Å²) in [5, 5.41) is -0.257. The number of imide groups is 1. The molecule has 41 heavy (non-hydrogen) atoms. The second kappa shape index (κ2) is 10.8. The van der Waals surface area contributed by atoms with Gasteiger partial charge in [-0.1, -0.05) is 24.3 Å². The number of hydrogen-bond donors (Lipinski definition) is 0. The van der Waals surface area contributed by atoms with Crippen LogP contribution in [0.2, 0.25) is 0 Å². The fourth-order valence-electron chi connectivity index (χ4n) is 4.25. The predicted octanol–water partition coefficient (Wildman–Crippen LogP) is 5.59. The molecule has 0 saturated carbocycles. The monoisotopic (exact) mass is 567 g/mol. The molecule has 12 heteroatoms. The van der Waals surface area contributed by atoms with Crippen LogP contribution in [0.25, 0.3) is 11.0 Å². The molecule has 0 radical (unpaired) electrons. The number of alkyl halides is 3. The Kier molecular flexibility index (Phi) is 7.22. The first kappa shape index (κ1) is 27.4. The van der Waals surface area contributed by atoms with E-state index in [0.717, 1.165) is 17.0 Å². The van der Waals surface area contributed by atoms with Crippen LogP contribution in [0.4, 0.5) is 13.2 Å². The van der Waals surface area contributed by atoms with Crippen molar-refractivity contribution in [2.24, 2.45) is 0 Å². The Morgan fingerprint density at radius 2 is 1.54 bits per heavy atom. The van der Waals surface area contributed by atoms with Gasteiger partial charge in [0.25, 0.3) is 17.6 Å². The molecule has 4 aromatic rings. The van der Waals surface area contributed by atoms with Crippen molar-refractivity contribution in [3.05, 3.63) is 93.8 Å². The summed E-state index contributed by atoms with van der Waals surface area (Å²) in [6, 6.07) is 15.4. The molecule has 0 N–H and O–H groups in total. The van der Waals surface area contributed by atoms with Crippen molar-refractivity contribution in [1.29, 1.82) is 0 Å². The summed E-state index contributed by atoms with van der Waals surface area (Å²) < 4.78 is 62.8. The number of benzene rings is 3. The van der Waals surface area contributed by atoms with E-state index in [2.05, 4.69) is 0 Å². The summed E-state index contributed by atoms with van der Waals surface area (Å²) in [4.78, 5) is 51.4. The van der Waals surface area contributed by atoms with Gasteiger partial charge in [0.15, 0.2) is 11.5 Å². The van der Waals surface area contributed by atoms with Crippen LogP contribution in [0, 0.1) is 0 Å². The molecule has 0 atom stereocenters. The Balaban J connectivity index is 1.38. The van der Waals surface area contributed by atoms with Crippen molar-refractivity contribution < 1.29 is 46.2 Å². The third-order valence-corrected chi connectivity index (χ3v) is 6.09. The van der Waals surface area contributed by atoms with Crippen LogP contribution in [0.1, 0.15) is 39.8 Å². The average molecular weight is 567 g/mol. The normalized spacial score (nSPS) is 12.9. The van der Waals surface area contributed by atoms with Crippen molar-refractivity contribution in [3.8, 4) is 23.0 Å². The van der Waals surface area contributed by atoms with E-state index in [-0.39, 0.29) is 53.3 Å². The van der Waals surface area contributed by atoms with Gasteiger partial charge in [0, 0.05) is 12.6 Å². The molecule has 210 valence electrons. The zero-order valence-corrected chi connectivity index (χ0v) is 21.3. The van der Waals surface area contributed by atoms with Gasteiger partial charge >= 0.3 is 12.1 Å². The second-order valence-electron chi connectivity index (χ2n) is 8.76. The van der Waals surface area contributed by atoms with Crippen LogP contribution in [0.15, 0.2) is 75.9 Å². The lowest BCUT2D eigenvalue weighted by atomic mass is 10.1. The Morgan fingerprint density at radius 3 is 2.17 bits per heavy atom. The van der Waals surface area contributed by atoms with Gasteiger partial charge in [-0.15, -0.1) is 0 Å². The summed E-state index contributed by atoms with van der Waals surface area (Å²) >= 11 is 0. The van der Waals surface area contributed by atoms with Gasteiger partial charge in [-0.3, -0.25) is 24.1 Å². The summed E-state index contributed by atoms with van der Waals surface area (Å²) in [7, 11) is 0. The zero-order chi connectivity index (χ0) is 29.3. The number of hydrogen-bond acceptors (Lipinski definition) is 8. The highest BCUT2D eigenvalue weighted by Crippen LogP contribution is 2.40. The number of para-hydroxylation sites is 2. The minimum atomic E-state index is -5.11. The van der Waals surface area contributed by atoms with Crippen LogP contribution in [-0.2, 0) is 11.0 Å². The van der Waals surface area contributed by atoms with Crippen LogP contribution >= 0.6 is 0 Å². The number of carbonyl (C=O) groups is 3. The first-order valence-electron chi connectivity index (χ1n) is 12.3. The second-order valence-corrected chi connectivity index (χ2v) is 8.76. The van der Waals surface area contributed by atoms with Gasteiger partial charge in [0.05, 0.1) is 29.5 Å². The predicted molar refractivity (Wildman–Crippen MR) is 137 cm³/mol. The maximum atomic E-state index is 13.9. The lowest BCUT2D eigenvalue weighted by Gasteiger charge is -2.15. The lowest BCUT2D eigenvalue weighted by molar-refractivity contribution is -0.154. The third kappa shape index (κ3) is 5.36. The van der Waals surface area contributed by atoms with E-state index in [9.17, 15) is 32.3 Å². The summed E-state index contributed by atoms with van der Waals surface area (Å²) in [5.41, 5.74) is -1.16. The Bertz CT molecular complexity index is 1710. The maximum absolute atomic E-state index is 13.9. The smallest absolute Gasteiger partial charge is 0.453 e. The standard InChI is InChI=1S/C29H20F3NO8/c1-2-38-20-9-5-6-10-21(20)40-25-24(35)19-12-11-16(15-22(19)41-26(25)29(30,31)32)39-23(34)13-14-33-27(36)17-7-3-4-8-18(17)28(33)37/h3-12,15H,2,13-14H2,1H3. The number of fused-ring (bicyclic) bond motifs is 2. The van der Waals surface area contributed by atoms with Gasteiger partial charge in [-0.25, -0.2) is 0 Å². The average Bonchev–Trinajstić information content (AvgIpc) is 3.18. The van der Waals surface area contributed by atoms with E-state index in [0.29, 0.717) is 0 Å². The summed E-state index contributed by atoms with van der Waals surface area (Å²) in [6.07, 6.45) is -5.49. The molecule has 0 spiro atoms. The molecule has 2 amide bonds. The molecule has 2 heterocycles. The Morgan fingerprint density at radius 1 is 0.902 bits per heavy atom. The Hall–Kier alpha value is -5.13. The van der Waals surface area contributed by atoms with Gasteiger partial charge < -0.3 is 18.6 Å². The van der Waals surface area contributed by atoms with E-state index in [4.69, 9.17) is 18.6 Å². The highest BCUT2D eigenvalue weighted by atomic mass is 19.4. The van der Waals surface area contributed by atoms with E-state index in [1.807, 2.05) is 0 Å². The van der Waals surface area contributed by atoms with Gasteiger partial charge in [0.1, 0.15) is 11.3 Å². The molecule has 5 rings (SSSR count).